The van der Waals surface area contributed by atoms with Gasteiger partial charge in [0.15, 0.2) is 12.2 Å². The Morgan fingerprint density at radius 2 is 1.47 bits per heavy atom. The average Bonchev–Trinajstić information content (AvgIpc) is 2.53. The van der Waals surface area contributed by atoms with E-state index < -0.39 is 42.3 Å². The zero-order valence-electron chi connectivity index (χ0n) is 11.4. The Morgan fingerprint density at radius 1 is 0.947 bits per heavy atom. The van der Waals surface area contributed by atoms with E-state index in [1.807, 2.05) is 0 Å². The molecule has 0 radical (unpaired) electrons. The lowest BCUT2D eigenvalue weighted by Gasteiger charge is -2.22. The largest absolute Gasteiger partial charge is 0.463 e. The molecule has 1 saturated heterocycles. The number of ether oxygens (including phenoxy) is 4. The van der Waals surface area contributed by atoms with Gasteiger partial charge in [-0.2, -0.15) is 0 Å². The fourth-order valence-corrected chi connectivity index (χ4v) is 1.93. The molecule has 1 rings (SSSR count). The van der Waals surface area contributed by atoms with Crippen LogP contribution in [0.1, 0.15) is 27.7 Å². The maximum Gasteiger partial charge on any atom is 0.303 e. The lowest BCUT2D eigenvalue weighted by molar-refractivity contribution is -0.165. The highest BCUT2D eigenvalue weighted by Crippen LogP contribution is 2.27. The summed E-state index contributed by atoms with van der Waals surface area (Å²) in [5, 5.41) is 0. The van der Waals surface area contributed by atoms with Crippen LogP contribution in [-0.2, 0) is 33.3 Å². The van der Waals surface area contributed by atoms with Crippen molar-refractivity contribution in [1.29, 1.82) is 0 Å². The fourth-order valence-electron chi connectivity index (χ4n) is 1.93. The van der Waals surface area contributed by atoms with Crippen LogP contribution in [0.4, 0.5) is 0 Å². The molecule has 0 aliphatic carbocycles. The second kappa shape index (κ2) is 6.51. The van der Waals surface area contributed by atoms with E-state index in [0.29, 0.717) is 0 Å². The molecule has 1 aliphatic rings. The summed E-state index contributed by atoms with van der Waals surface area (Å²) >= 11 is 0. The van der Waals surface area contributed by atoms with E-state index >= 15 is 0 Å². The number of esters is 3. The van der Waals surface area contributed by atoms with Gasteiger partial charge in [0.2, 0.25) is 0 Å². The quantitative estimate of drug-likeness (QED) is 0.534. The summed E-state index contributed by atoms with van der Waals surface area (Å²) in [6.07, 6.45) is -2.58. The smallest absolute Gasteiger partial charge is 0.303 e. The van der Waals surface area contributed by atoms with Crippen molar-refractivity contribution in [1.82, 2.24) is 0 Å². The highest BCUT2D eigenvalue weighted by Gasteiger charge is 2.47. The third-order valence-corrected chi connectivity index (χ3v) is 2.60. The predicted octanol–water partition coefficient (Wildman–Crippen LogP) is 0.200. The number of carbonyl (C=O) groups excluding carboxylic acids is 3. The summed E-state index contributed by atoms with van der Waals surface area (Å²) in [6, 6.07) is 0. The molecule has 1 heterocycles. The highest BCUT2D eigenvalue weighted by molar-refractivity contribution is 5.67. The van der Waals surface area contributed by atoms with Crippen molar-refractivity contribution in [2.24, 2.45) is 0 Å². The van der Waals surface area contributed by atoms with Gasteiger partial charge in [-0.3, -0.25) is 14.4 Å². The molecule has 0 spiro atoms. The van der Waals surface area contributed by atoms with Crippen LogP contribution >= 0.6 is 0 Å². The first-order valence-corrected chi connectivity index (χ1v) is 5.94. The molecule has 108 valence electrons. The second-order valence-electron chi connectivity index (χ2n) is 4.33. The average molecular weight is 274 g/mol. The minimum atomic E-state index is -0.782. The van der Waals surface area contributed by atoms with E-state index in [4.69, 9.17) is 18.9 Å². The van der Waals surface area contributed by atoms with Gasteiger partial charge in [0, 0.05) is 20.8 Å². The standard InChI is InChI=1S/C12H18O7/c1-6-11(18-8(3)14)12(19-9(4)15)10(17-6)5-16-7(2)13/h6,10-12H,5H2,1-4H3/t6-,10+,11-,12+/m0/s1. The summed E-state index contributed by atoms with van der Waals surface area (Å²) in [5.74, 6) is -1.48. The van der Waals surface area contributed by atoms with Crippen molar-refractivity contribution in [3.8, 4) is 0 Å². The van der Waals surface area contributed by atoms with Crippen molar-refractivity contribution in [2.45, 2.75) is 52.1 Å². The molecule has 0 amide bonds. The normalized spacial score (nSPS) is 29.7. The van der Waals surface area contributed by atoms with E-state index in [1.54, 1.807) is 6.92 Å². The van der Waals surface area contributed by atoms with Crippen LogP contribution in [0.2, 0.25) is 0 Å². The van der Waals surface area contributed by atoms with Crippen molar-refractivity contribution in [2.75, 3.05) is 6.61 Å². The Hall–Kier alpha value is -1.63. The Bertz CT molecular complexity index is 365. The molecular weight excluding hydrogens is 256 g/mol. The maximum absolute atomic E-state index is 11.1. The Balaban J connectivity index is 2.76. The molecule has 0 N–H and O–H groups in total. The van der Waals surface area contributed by atoms with Gasteiger partial charge in [0.05, 0.1) is 6.10 Å². The first-order valence-electron chi connectivity index (χ1n) is 5.94. The molecule has 4 atom stereocenters. The van der Waals surface area contributed by atoms with Gasteiger partial charge in [-0.25, -0.2) is 0 Å². The molecule has 1 fully saturated rings. The lowest BCUT2D eigenvalue weighted by atomic mass is 10.1. The van der Waals surface area contributed by atoms with Crippen LogP contribution in [0, 0.1) is 0 Å². The highest BCUT2D eigenvalue weighted by atomic mass is 16.6. The van der Waals surface area contributed by atoms with Crippen molar-refractivity contribution < 1.29 is 33.3 Å². The first kappa shape index (κ1) is 15.4. The predicted molar refractivity (Wildman–Crippen MR) is 62.1 cm³/mol. The molecule has 0 aromatic carbocycles. The minimum Gasteiger partial charge on any atom is -0.463 e. The number of hydrogen-bond donors (Lipinski definition) is 0. The van der Waals surface area contributed by atoms with Crippen molar-refractivity contribution >= 4 is 17.9 Å². The molecule has 7 nitrogen and oxygen atoms in total. The molecule has 0 unspecified atom stereocenters. The Kier molecular flexibility index (Phi) is 5.29. The molecule has 1 aliphatic heterocycles. The third kappa shape index (κ3) is 4.51. The molecule has 0 bridgehead atoms. The molecule has 7 heteroatoms. The molecule has 19 heavy (non-hydrogen) atoms. The summed E-state index contributed by atoms with van der Waals surface area (Å²) in [6.45, 7) is 5.41. The first-order chi connectivity index (χ1) is 8.81. The van der Waals surface area contributed by atoms with Gasteiger partial charge < -0.3 is 18.9 Å². The summed E-state index contributed by atoms with van der Waals surface area (Å²) in [4.78, 5) is 32.9. The van der Waals surface area contributed by atoms with E-state index in [2.05, 4.69) is 0 Å². The summed E-state index contributed by atoms with van der Waals surface area (Å²) < 4.78 is 20.6. The molecule has 0 saturated carbocycles. The number of carbonyl (C=O) groups is 3. The van der Waals surface area contributed by atoms with Gasteiger partial charge in [0.25, 0.3) is 0 Å². The summed E-state index contributed by atoms with van der Waals surface area (Å²) in [5.41, 5.74) is 0. The van der Waals surface area contributed by atoms with Crippen LogP contribution < -0.4 is 0 Å². The molecule has 0 aromatic heterocycles. The summed E-state index contributed by atoms with van der Waals surface area (Å²) in [7, 11) is 0. The van der Waals surface area contributed by atoms with E-state index in [0.717, 1.165) is 0 Å². The van der Waals surface area contributed by atoms with Crippen LogP contribution in [0.25, 0.3) is 0 Å². The Morgan fingerprint density at radius 3 is 1.95 bits per heavy atom. The monoisotopic (exact) mass is 274 g/mol. The number of rotatable bonds is 4. The Labute approximate surface area is 111 Å². The van der Waals surface area contributed by atoms with Crippen LogP contribution in [0.3, 0.4) is 0 Å². The van der Waals surface area contributed by atoms with Gasteiger partial charge >= 0.3 is 17.9 Å². The topological polar surface area (TPSA) is 88.1 Å². The second-order valence-corrected chi connectivity index (χ2v) is 4.33. The van der Waals surface area contributed by atoms with Gasteiger partial charge in [-0.05, 0) is 6.92 Å². The number of hydrogen-bond acceptors (Lipinski definition) is 7. The van der Waals surface area contributed by atoms with Crippen molar-refractivity contribution in [3.63, 3.8) is 0 Å². The van der Waals surface area contributed by atoms with Crippen LogP contribution in [0.15, 0.2) is 0 Å². The zero-order valence-corrected chi connectivity index (χ0v) is 11.4. The van der Waals surface area contributed by atoms with Gasteiger partial charge in [-0.1, -0.05) is 0 Å². The SMILES string of the molecule is CC(=O)OC[C@H]1O[C@@H](C)[C@H](OC(C)=O)[C@@H]1OC(C)=O. The van der Waals surface area contributed by atoms with Crippen molar-refractivity contribution in [3.05, 3.63) is 0 Å². The van der Waals surface area contributed by atoms with Crippen LogP contribution in [-0.4, -0.2) is 48.9 Å². The third-order valence-electron chi connectivity index (χ3n) is 2.60. The zero-order chi connectivity index (χ0) is 14.6. The van der Waals surface area contributed by atoms with Gasteiger partial charge in [0.1, 0.15) is 12.7 Å². The fraction of sp³-hybridized carbons (Fsp3) is 0.750. The maximum atomic E-state index is 11.1. The van der Waals surface area contributed by atoms with E-state index in [9.17, 15) is 14.4 Å². The molecule has 0 aromatic rings. The minimum absolute atomic E-state index is 0.0601. The van der Waals surface area contributed by atoms with E-state index in [-0.39, 0.29) is 6.61 Å². The lowest BCUT2D eigenvalue weighted by Crippen LogP contribution is -2.40. The molecular formula is C12H18O7. The van der Waals surface area contributed by atoms with Crippen LogP contribution in [0.5, 0.6) is 0 Å². The van der Waals surface area contributed by atoms with E-state index in [1.165, 1.54) is 20.8 Å². The van der Waals surface area contributed by atoms with Gasteiger partial charge in [-0.15, -0.1) is 0 Å².